The molecule has 0 aromatic carbocycles. The molecule has 0 bridgehead atoms. The number of hydrazine groups is 1. The van der Waals surface area contributed by atoms with Crippen LogP contribution in [-0.2, 0) is 0 Å². The lowest BCUT2D eigenvalue weighted by atomic mass is 10.1. The summed E-state index contributed by atoms with van der Waals surface area (Å²) in [6, 6.07) is 3.39. The summed E-state index contributed by atoms with van der Waals surface area (Å²) in [5, 5.41) is 9.83. The van der Waals surface area contributed by atoms with Crippen molar-refractivity contribution in [1.82, 2.24) is 14.8 Å². The number of hydrogen-bond donors (Lipinski definition) is 3. The maximum Gasteiger partial charge on any atom is 0.255 e. The lowest BCUT2D eigenvalue weighted by Crippen LogP contribution is -2.52. The Hall–Kier alpha value is -1.70. The maximum atomic E-state index is 12.4. The van der Waals surface area contributed by atoms with Gasteiger partial charge in [-0.3, -0.25) is 9.69 Å². The molecule has 1 aromatic heterocycles. The molecule has 116 valence electrons. The van der Waals surface area contributed by atoms with E-state index in [1.54, 1.807) is 26.0 Å². The molecule has 21 heavy (non-hydrogen) atoms. The zero-order chi connectivity index (χ0) is 15.5. The summed E-state index contributed by atoms with van der Waals surface area (Å²) >= 11 is 0. The number of pyridine rings is 1. The number of β-amino-alcohol motifs (C(OH)–C–C–N with tert-alkyl or cyclic N) is 1. The standard InChI is InChI=1S/C14H23N5O2/c1-14(2,21)10-18-5-7-19(8-6-18)13(20)11-3-4-12(17-15)16-9-11/h3-4,9,21H,5-8,10,15H2,1-2H3,(H,16,17). The molecular weight excluding hydrogens is 270 g/mol. The molecule has 0 unspecified atom stereocenters. The Morgan fingerprint density at radius 1 is 1.38 bits per heavy atom. The second-order valence-electron chi connectivity index (χ2n) is 5.96. The number of aromatic nitrogens is 1. The minimum absolute atomic E-state index is 0.0195. The number of amides is 1. The van der Waals surface area contributed by atoms with E-state index in [2.05, 4.69) is 15.3 Å². The highest BCUT2D eigenvalue weighted by Crippen LogP contribution is 2.12. The molecule has 0 spiro atoms. The van der Waals surface area contributed by atoms with Crippen molar-refractivity contribution in [3.05, 3.63) is 23.9 Å². The molecule has 1 aliphatic heterocycles. The number of nitrogen functional groups attached to an aromatic ring is 1. The molecule has 1 aromatic rings. The van der Waals surface area contributed by atoms with Crippen molar-refractivity contribution in [2.45, 2.75) is 19.4 Å². The average molecular weight is 293 g/mol. The van der Waals surface area contributed by atoms with Gasteiger partial charge in [0.05, 0.1) is 11.2 Å². The molecule has 1 fully saturated rings. The summed E-state index contributed by atoms with van der Waals surface area (Å²) in [5.41, 5.74) is 2.29. The van der Waals surface area contributed by atoms with Gasteiger partial charge in [-0.2, -0.15) is 0 Å². The van der Waals surface area contributed by atoms with Crippen molar-refractivity contribution in [3.63, 3.8) is 0 Å². The van der Waals surface area contributed by atoms with Crippen molar-refractivity contribution in [3.8, 4) is 0 Å². The fourth-order valence-corrected chi connectivity index (χ4v) is 2.44. The van der Waals surface area contributed by atoms with Gasteiger partial charge in [0.25, 0.3) is 5.91 Å². The number of carbonyl (C=O) groups is 1. The number of nitrogens with one attached hydrogen (secondary N) is 1. The Balaban J connectivity index is 1.90. The Morgan fingerprint density at radius 2 is 2.05 bits per heavy atom. The normalized spacial score (nSPS) is 16.9. The van der Waals surface area contributed by atoms with Gasteiger partial charge in [-0.1, -0.05) is 0 Å². The quantitative estimate of drug-likeness (QED) is 0.530. The van der Waals surface area contributed by atoms with Gasteiger partial charge in [0.1, 0.15) is 5.82 Å². The zero-order valence-electron chi connectivity index (χ0n) is 12.5. The van der Waals surface area contributed by atoms with E-state index in [1.165, 1.54) is 6.20 Å². The van der Waals surface area contributed by atoms with Crippen LogP contribution in [0.5, 0.6) is 0 Å². The van der Waals surface area contributed by atoms with Crippen LogP contribution in [0.2, 0.25) is 0 Å². The molecule has 2 rings (SSSR count). The molecule has 1 saturated heterocycles. The Morgan fingerprint density at radius 3 is 2.52 bits per heavy atom. The third-order valence-electron chi connectivity index (χ3n) is 3.43. The number of nitrogens with zero attached hydrogens (tertiary/aromatic N) is 3. The molecular formula is C14H23N5O2. The first-order valence-electron chi connectivity index (χ1n) is 7.06. The van der Waals surface area contributed by atoms with Gasteiger partial charge in [0, 0.05) is 38.9 Å². The Labute approximate surface area is 124 Å². The first-order chi connectivity index (χ1) is 9.89. The fraction of sp³-hybridized carbons (Fsp3) is 0.571. The first-order valence-corrected chi connectivity index (χ1v) is 7.06. The predicted octanol–water partition coefficient (Wildman–Crippen LogP) is -0.104. The second-order valence-corrected chi connectivity index (χ2v) is 5.96. The molecule has 0 atom stereocenters. The lowest BCUT2D eigenvalue weighted by Gasteiger charge is -2.37. The topological polar surface area (TPSA) is 94.7 Å². The maximum absolute atomic E-state index is 12.4. The highest BCUT2D eigenvalue weighted by molar-refractivity contribution is 5.94. The van der Waals surface area contributed by atoms with Gasteiger partial charge in [0.2, 0.25) is 0 Å². The summed E-state index contributed by atoms with van der Waals surface area (Å²) in [5.74, 6) is 5.76. The minimum Gasteiger partial charge on any atom is -0.389 e. The molecule has 0 radical (unpaired) electrons. The largest absolute Gasteiger partial charge is 0.389 e. The Kier molecular flexibility index (Phi) is 4.76. The van der Waals surface area contributed by atoms with Crippen LogP contribution in [0.1, 0.15) is 24.2 Å². The number of piperazine rings is 1. The fourth-order valence-electron chi connectivity index (χ4n) is 2.44. The van der Waals surface area contributed by atoms with Gasteiger partial charge in [-0.15, -0.1) is 0 Å². The van der Waals surface area contributed by atoms with Crippen molar-refractivity contribution in [2.75, 3.05) is 38.1 Å². The number of carbonyl (C=O) groups excluding carboxylic acids is 1. The van der Waals surface area contributed by atoms with E-state index in [0.717, 1.165) is 13.1 Å². The SMILES string of the molecule is CC(C)(O)CN1CCN(C(=O)c2ccc(NN)nc2)CC1. The van der Waals surface area contributed by atoms with Crippen LogP contribution in [0.4, 0.5) is 5.82 Å². The molecule has 1 amide bonds. The van der Waals surface area contributed by atoms with Crippen LogP contribution in [0.25, 0.3) is 0 Å². The highest BCUT2D eigenvalue weighted by Gasteiger charge is 2.25. The number of aliphatic hydroxyl groups is 1. The van der Waals surface area contributed by atoms with E-state index in [0.29, 0.717) is 31.0 Å². The first kappa shape index (κ1) is 15.7. The van der Waals surface area contributed by atoms with Gasteiger partial charge in [-0.05, 0) is 26.0 Å². The molecule has 4 N–H and O–H groups in total. The zero-order valence-corrected chi connectivity index (χ0v) is 12.5. The number of nitrogens with two attached hydrogens (primary N) is 1. The van der Waals surface area contributed by atoms with Crippen molar-refractivity contribution >= 4 is 11.7 Å². The third-order valence-corrected chi connectivity index (χ3v) is 3.43. The van der Waals surface area contributed by atoms with Crippen LogP contribution in [-0.4, -0.2) is 64.1 Å². The van der Waals surface area contributed by atoms with Crippen LogP contribution in [0, 0.1) is 0 Å². The van der Waals surface area contributed by atoms with E-state index in [-0.39, 0.29) is 5.91 Å². The van der Waals surface area contributed by atoms with Gasteiger partial charge >= 0.3 is 0 Å². The highest BCUT2D eigenvalue weighted by atomic mass is 16.3. The molecule has 0 saturated carbocycles. The number of anilines is 1. The smallest absolute Gasteiger partial charge is 0.255 e. The van der Waals surface area contributed by atoms with Crippen molar-refractivity contribution < 1.29 is 9.90 Å². The van der Waals surface area contributed by atoms with Crippen molar-refractivity contribution in [1.29, 1.82) is 0 Å². The average Bonchev–Trinajstić information content (AvgIpc) is 2.46. The van der Waals surface area contributed by atoms with E-state index in [1.807, 2.05) is 4.90 Å². The molecule has 0 aliphatic carbocycles. The third kappa shape index (κ3) is 4.38. The van der Waals surface area contributed by atoms with Crippen LogP contribution in [0.3, 0.4) is 0 Å². The van der Waals surface area contributed by atoms with Crippen LogP contribution < -0.4 is 11.3 Å². The van der Waals surface area contributed by atoms with Gasteiger partial charge in [-0.25, -0.2) is 10.8 Å². The van der Waals surface area contributed by atoms with Crippen molar-refractivity contribution in [2.24, 2.45) is 5.84 Å². The summed E-state index contributed by atoms with van der Waals surface area (Å²) in [6.07, 6.45) is 1.53. The van der Waals surface area contributed by atoms with E-state index in [4.69, 9.17) is 5.84 Å². The second kappa shape index (κ2) is 6.38. The lowest BCUT2D eigenvalue weighted by molar-refractivity contribution is 0.0178. The van der Waals surface area contributed by atoms with Gasteiger partial charge in [0.15, 0.2) is 0 Å². The van der Waals surface area contributed by atoms with E-state index < -0.39 is 5.60 Å². The summed E-state index contributed by atoms with van der Waals surface area (Å²) < 4.78 is 0. The summed E-state index contributed by atoms with van der Waals surface area (Å²) in [4.78, 5) is 20.4. The summed E-state index contributed by atoms with van der Waals surface area (Å²) in [7, 11) is 0. The molecule has 7 nitrogen and oxygen atoms in total. The number of hydrogen-bond acceptors (Lipinski definition) is 6. The van der Waals surface area contributed by atoms with E-state index >= 15 is 0 Å². The molecule has 7 heteroatoms. The predicted molar refractivity (Wildman–Crippen MR) is 80.7 cm³/mol. The van der Waals surface area contributed by atoms with E-state index in [9.17, 15) is 9.90 Å². The summed E-state index contributed by atoms with van der Waals surface area (Å²) in [6.45, 7) is 7.06. The molecule has 1 aliphatic rings. The minimum atomic E-state index is -0.707. The van der Waals surface area contributed by atoms with Crippen LogP contribution >= 0.6 is 0 Å². The number of rotatable bonds is 4. The monoisotopic (exact) mass is 293 g/mol. The Bertz CT molecular complexity index is 475. The molecule has 2 heterocycles. The van der Waals surface area contributed by atoms with Crippen LogP contribution in [0.15, 0.2) is 18.3 Å². The van der Waals surface area contributed by atoms with Gasteiger partial charge < -0.3 is 15.4 Å².